The summed E-state index contributed by atoms with van der Waals surface area (Å²) in [4.78, 5) is 27.2. The number of amides is 2. The van der Waals surface area contributed by atoms with E-state index in [0.717, 1.165) is 46.8 Å². The van der Waals surface area contributed by atoms with Crippen molar-refractivity contribution in [2.75, 3.05) is 10.6 Å². The Bertz CT molecular complexity index is 978. The molecule has 2 amide bonds. The Kier molecular flexibility index (Phi) is 24.6. The Morgan fingerprint density at radius 3 is 1.09 bits per heavy atom. The maximum atomic E-state index is 12.5. The summed E-state index contributed by atoms with van der Waals surface area (Å²) in [5, 5.41) is 6.16. The van der Waals surface area contributed by atoms with E-state index in [1.54, 1.807) is 21.6 Å². The van der Waals surface area contributed by atoms with Gasteiger partial charge in [0.05, 0.1) is 0 Å². The summed E-state index contributed by atoms with van der Waals surface area (Å²) in [6.45, 7) is 4.53. The van der Waals surface area contributed by atoms with E-state index < -0.39 is 0 Å². The maximum Gasteiger partial charge on any atom is 0.224 e. The smallest absolute Gasteiger partial charge is 0.224 e. The number of anilines is 2. The number of carbonyl (C=O) groups is 2. The molecule has 0 aliphatic carbocycles. The second-order valence-electron chi connectivity index (χ2n) is 12.9. The highest BCUT2D eigenvalue weighted by molar-refractivity contribution is 8.76. The van der Waals surface area contributed by atoms with Crippen molar-refractivity contribution in [1.29, 1.82) is 0 Å². The number of hydrogen-bond donors (Lipinski definition) is 2. The molecule has 4 nitrogen and oxygen atoms in total. The van der Waals surface area contributed by atoms with E-state index in [4.69, 9.17) is 0 Å². The Morgan fingerprint density at radius 2 is 0.761 bits per heavy atom. The first-order valence-corrected chi connectivity index (χ1v) is 20.9. The van der Waals surface area contributed by atoms with Crippen LogP contribution in [0.4, 0.5) is 11.4 Å². The van der Waals surface area contributed by atoms with Crippen LogP contribution in [0, 0.1) is 0 Å². The van der Waals surface area contributed by atoms with Crippen LogP contribution in [0.1, 0.15) is 168 Å². The van der Waals surface area contributed by atoms with Gasteiger partial charge in [-0.05, 0) is 49.2 Å². The summed E-state index contributed by atoms with van der Waals surface area (Å²) in [5.74, 6) is 0.199. The van der Waals surface area contributed by atoms with Gasteiger partial charge in [-0.25, -0.2) is 0 Å². The van der Waals surface area contributed by atoms with E-state index in [1.165, 1.54) is 116 Å². The third kappa shape index (κ3) is 21.8. The van der Waals surface area contributed by atoms with Crippen molar-refractivity contribution < 1.29 is 9.59 Å². The van der Waals surface area contributed by atoms with E-state index in [1.807, 2.05) is 36.4 Å². The minimum absolute atomic E-state index is 0.0994. The molecule has 0 bridgehead atoms. The first-order valence-electron chi connectivity index (χ1n) is 18.7. The molecule has 2 N–H and O–H groups in total. The zero-order chi connectivity index (χ0) is 32.9. The molecule has 2 rings (SSSR count). The summed E-state index contributed by atoms with van der Waals surface area (Å²) in [5.41, 5.74) is 1.70. The van der Waals surface area contributed by atoms with Gasteiger partial charge in [0.1, 0.15) is 0 Å². The van der Waals surface area contributed by atoms with Gasteiger partial charge in [-0.1, -0.05) is 176 Å². The molecule has 258 valence electrons. The lowest BCUT2D eigenvalue weighted by atomic mass is 10.1. The lowest BCUT2D eigenvalue weighted by Gasteiger charge is -2.09. The summed E-state index contributed by atoms with van der Waals surface area (Å²) < 4.78 is 0. The predicted molar refractivity (Wildman–Crippen MR) is 204 cm³/mol. The fourth-order valence-corrected chi connectivity index (χ4v) is 7.70. The number of benzene rings is 2. The number of rotatable bonds is 29. The Morgan fingerprint density at radius 1 is 0.457 bits per heavy atom. The molecule has 0 aromatic heterocycles. The molecule has 2 aromatic carbocycles. The van der Waals surface area contributed by atoms with Crippen LogP contribution in [0.5, 0.6) is 0 Å². The molecule has 0 spiro atoms. The molecule has 0 atom stereocenters. The molecular formula is C40H64N2O2S2. The van der Waals surface area contributed by atoms with E-state index >= 15 is 0 Å². The van der Waals surface area contributed by atoms with Crippen molar-refractivity contribution in [2.24, 2.45) is 0 Å². The maximum absolute atomic E-state index is 12.5. The minimum Gasteiger partial charge on any atom is -0.326 e. The Hall–Kier alpha value is -1.92. The van der Waals surface area contributed by atoms with Gasteiger partial charge in [-0.2, -0.15) is 0 Å². The second-order valence-corrected chi connectivity index (χ2v) is 15.2. The SMILES string of the molecule is CCCCCCCCCCCCCC(=O)Nc1cccc(SSc2cccc(NC(=O)CCCCCCCCCCCCC)c2)c1. The molecule has 0 fully saturated rings. The van der Waals surface area contributed by atoms with Crippen LogP contribution in [-0.2, 0) is 9.59 Å². The number of carbonyl (C=O) groups excluding carboxylic acids is 2. The van der Waals surface area contributed by atoms with Crippen LogP contribution in [0.25, 0.3) is 0 Å². The molecule has 0 heterocycles. The molecule has 0 radical (unpaired) electrons. The highest BCUT2D eigenvalue weighted by Crippen LogP contribution is 2.39. The first-order chi connectivity index (χ1) is 22.6. The average molecular weight is 669 g/mol. The van der Waals surface area contributed by atoms with Crippen molar-refractivity contribution in [3.8, 4) is 0 Å². The predicted octanol–water partition coefficient (Wildman–Crippen LogP) is 13.8. The quantitative estimate of drug-likeness (QED) is 0.0669. The van der Waals surface area contributed by atoms with Gasteiger partial charge in [-0.3, -0.25) is 9.59 Å². The monoisotopic (exact) mass is 668 g/mol. The average Bonchev–Trinajstić information content (AvgIpc) is 3.05. The summed E-state index contributed by atoms with van der Waals surface area (Å²) in [6, 6.07) is 16.1. The highest BCUT2D eigenvalue weighted by atomic mass is 33.1. The van der Waals surface area contributed by atoms with Gasteiger partial charge < -0.3 is 10.6 Å². The van der Waals surface area contributed by atoms with Crippen LogP contribution >= 0.6 is 21.6 Å². The van der Waals surface area contributed by atoms with E-state index in [0.29, 0.717) is 12.8 Å². The van der Waals surface area contributed by atoms with Gasteiger partial charge in [0.2, 0.25) is 11.8 Å². The molecule has 0 saturated heterocycles. The fraction of sp³-hybridized carbons (Fsp3) is 0.650. The molecular weight excluding hydrogens is 605 g/mol. The van der Waals surface area contributed by atoms with Gasteiger partial charge in [0.15, 0.2) is 0 Å². The number of unbranched alkanes of at least 4 members (excludes halogenated alkanes) is 20. The Balaban J connectivity index is 1.57. The molecule has 46 heavy (non-hydrogen) atoms. The summed E-state index contributed by atoms with van der Waals surface area (Å²) in [6.07, 6.45) is 29.5. The molecule has 0 aliphatic heterocycles. The van der Waals surface area contributed by atoms with Gasteiger partial charge in [0, 0.05) is 34.0 Å². The summed E-state index contributed by atoms with van der Waals surface area (Å²) >= 11 is 0. The lowest BCUT2D eigenvalue weighted by molar-refractivity contribution is -0.117. The third-order valence-electron chi connectivity index (χ3n) is 8.48. The van der Waals surface area contributed by atoms with Crippen molar-refractivity contribution in [3.05, 3.63) is 48.5 Å². The van der Waals surface area contributed by atoms with Crippen LogP contribution in [0.2, 0.25) is 0 Å². The number of hydrogen-bond acceptors (Lipinski definition) is 4. The topological polar surface area (TPSA) is 58.2 Å². The second kappa shape index (κ2) is 28.1. The zero-order valence-electron chi connectivity index (χ0n) is 29.2. The highest BCUT2D eigenvalue weighted by Gasteiger charge is 2.07. The zero-order valence-corrected chi connectivity index (χ0v) is 30.9. The minimum atomic E-state index is 0.0994. The van der Waals surface area contributed by atoms with Crippen LogP contribution in [0.15, 0.2) is 58.3 Å². The van der Waals surface area contributed by atoms with Gasteiger partial charge >= 0.3 is 0 Å². The van der Waals surface area contributed by atoms with Crippen LogP contribution < -0.4 is 10.6 Å². The van der Waals surface area contributed by atoms with Gasteiger partial charge in [-0.15, -0.1) is 0 Å². The largest absolute Gasteiger partial charge is 0.326 e. The van der Waals surface area contributed by atoms with Crippen molar-refractivity contribution in [3.63, 3.8) is 0 Å². The van der Waals surface area contributed by atoms with E-state index in [9.17, 15) is 9.59 Å². The summed E-state index contributed by atoms with van der Waals surface area (Å²) in [7, 11) is 3.32. The third-order valence-corrected chi connectivity index (χ3v) is 10.9. The van der Waals surface area contributed by atoms with E-state index in [2.05, 4.69) is 36.6 Å². The number of nitrogens with one attached hydrogen (secondary N) is 2. The fourth-order valence-electron chi connectivity index (χ4n) is 5.69. The molecule has 0 unspecified atom stereocenters. The molecule has 6 heteroatoms. The van der Waals surface area contributed by atoms with Gasteiger partial charge in [0.25, 0.3) is 0 Å². The Labute approximate surface area is 290 Å². The molecule has 0 saturated carbocycles. The normalized spacial score (nSPS) is 11.1. The van der Waals surface area contributed by atoms with Crippen LogP contribution in [0.3, 0.4) is 0 Å². The molecule has 2 aromatic rings. The van der Waals surface area contributed by atoms with Crippen molar-refractivity contribution >= 4 is 44.8 Å². The lowest BCUT2D eigenvalue weighted by Crippen LogP contribution is -2.11. The van der Waals surface area contributed by atoms with E-state index in [-0.39, 0.29) is 11.8 Å². The van der Waals surface area contributed by atoms with Crippen LogP contribution in [-0.4, -0.2) is 11.8 Å². The first kappa shape index (κ1) is 40.3. The van der Waals surface area contributed by atoms with Crippen molar-refractivity contribution in [2.45, 2.75) is 178 Å². The standard InChI is InChI=1S/C40H64N2O2S2/c1-3-5-7-9-11-13-15-17-19-21-23-31-39(43)41-35-27-25-29-37(33-35)45-46-38-30-26-28-36(34-38)42-40(44)32-24-22-20-18-16-14-12-10-8-6-4-2/h25-30,33-34H,3-24,31-32H2,1-2H3,(H,41,43)(H,42,44). The molecule has 0 aliphatic rings. The van der Waals surface area contributed by atoms with Crippen molar-refractivity contribution in [1.82, 2.24) is 0 Å².